The molecule has 0 spiro atoms. The molecule has 3 aromatic rings. The number of nitrogens with zero attached hydrogens (tertiary/aromatic N) is 1. The van der Waals surface area contributed by atoms with Crippen molar-refractivity contribution in [3.05, 3.63) is 47.5 Å². The number of nitrogen functional groups attached to an aromatic ring is 1. The Hall–Kier alpha value is -2.29. The molecule has 0 amide bonds. The minimum absolute atomic E-state index is 0.786. The van der Waals surface area contributed by atoms with Crippen LogP contribution in [-0.4, -0.2) is 9.97 Å². The highest BCUT2D eigenvalue weighted by atomic mass is 14.9. The van der Waals surface area contributed by atoms with E-state index in [1.165, 1.54) is 5.56 Å². The summed E-state index contributed by atoms with van der Waals surface area (Å²) >= 11 is 0. The van der Waals surface area contributed by atoms with Crippen molar-refractivity contribution in [3.8, 4) is 11.4 Å². The van der Waals surface area contributed by atoms with Gasteiger partial charge >= 0.3 is 0 Å². The topological polar surface area (TPSA) is 54.7 Å². The summed E-state index contributed by atoms with van der Waals surface area (Å²) in [5, 5.41) is 0. The van der Waals surface area contributed by atoms with Crippen molar-refractivity contribution in [1.29, 1.82) is 0 Å². The van der Waals surface area contributed by atoms with Crippen LogP contribution in [0.2, 0.25) is 0 Å². The number of aromatic nitrogens is 2. The minimum Gasteiger partial charge on any atom is -0.398 e. The first-order valence-corrected chi connectivity index (χ1v) is 5.97. The summed E-state index contributed by atoms with van der Waals surface area (Å²) in [6, 6.07) is 12.1. The number of benzene rings is 2. The van der Waals surface area contributed by atoms with Gasteiger partial charge in [-0.1, -0.05) is 24.3 Å². The fourth-order valence-electron chi connectivity index (χ4n) is 2.19. The standard InChI is InChI=1S/C15H15N3/c1-9-5-3-7-11(13(9)16)15-17-12-8-4-6-10(2)14(12)18-15/h3-8H,16H2,1-2H3,(H,17,18). The second-order valence-electron chi connectivity index (χ2n) is 4.59. The minimum atomic E-state index is 0.786. The maximum absolute atomic E-state index is 6.11. The van der Waals surface area contributed by atoms with Gasteiger partial charge in [-0.2, -0.15) is 0 Å². The van der Waals surface area contributed by atoms with Crippen molar-refractivity contribution >= 4 is 16.7 Å². The molecule has 0 saturated heterocycles. The lowest BCUT2D eigenvalue weighted by Gasteiger charge is -2.04. The number of imidazole rings is 1. The number of fused-ring (bicyclic) bond motifs is 1. The van der Waals surface area contributed by atoms with Crippen LogP contribution in [0.1, 0.15) is 11.1 Å². The summed E-state index contributed by atoms with van der Waals surface area (Å²) < 4.78 is 0. The zero-order valence-electron chi connectivity index (χ0n) is 10.5. The van der Waals surface area contributed by atoms with Gasteiger partial charge in [0.2, 0.25) is 0 Å². The van der Waals surface area contributed by atoms with Gasteiger partial charge < -0.3 is 10.7 Å². The third-order valence-corrected chi connectivity index (χ3v) is 3.29. The summed E-state index contributed by atoms with van der Waals surface area (Å²) in [5.41, 5.74) is 12.2. The second-order valence-corrected chi connectivity index (χ2v) is 4.59. The van der Waals surface area contributed by atoms with Gasteiger partial charge in [0.05, 0.1) is 11.0 Å². The van der Waals surface area contributed by atoms with E-state index in [0.29, 0.717) is 0 Å². The summed E-state index contributed by atoms with van der Waals surface area (Å²) in [6.07, 6.45) is 0. The largest absolute Gasteiger partial charge is 0.398 e. The number of aromatic amines is 1. The molecule has 1 aromatic heterocycles. The van der Waals surface area contributed by atoms with Crippen LogP contribution in [-0.2, 0) is 0 Å². The Morgan fingerprint density at radius 1 is 1.00 bits per heavy atom. The molecule has 0 saturated carbocycles. The molecule has 3 nitrogen and oxygen atoms in total. The van der Waals surface area contributed by atoms with Gasteiger partial charge in [0.1, 0.15) is 5.82 Å². The number of aryl methyl sites for hydroxylation is 2. The molecular formula is C15H15N3. The van der Waals surface area contributed by atoms with Crippen LogP contribution in [0.4, 0.5) is 5.69 Å². The third-order valence-electron chi connectivity index (χ3n) is 3.29. The molecule has 3 rings (SSSR count). The first-order chi connectivity index (χ1) is 8.66. The van der Waals surface area contributed by atoms with Gasteiger partial charge in [-0.25, -0.2) is 4.98 Å². The number of H-pyrrole nitrogens is 1. The fourth-order valence-corrected chi connectivity index (χ4v) is 2.19. The summed E-state index contributed by atoms with van der Waals surface area (Å²) in [7, 11) is 0. The lowest BCUT2D eigenvalue weighted by molar-refractivity contribution is 1.32. The van der Waals surface area contributed by atoms with Gasteiger partial charge in [0, 0.05) is 11.3 Å². The SMILES string of the molecule is Cc1cccc(-c2nc3c(C)cccc3[nH]2)c1N. The number of nitrogens with two attached hydrogens (primary N) is 1. The third kappa shape index (κ3) is 1.56. The van der Waals surface area contributed by atoms with Crippen LogP contribution < -0.4 is 5.73 Å². The molecular weight excluding hydrogens is 222 g/mol. The second kappa shape index (κ2) is 3.88. The molecule has 3 heteroatoms. The normalized spacial score (nSPS) is 11.0. The van der Waals surface area contributed by atoms with E-state index in [1.54, 1.807) is 0 Å². The van der Waals surface area contributed by atoms with Gasteiger partial charge in [-0.3, -0.25) is 0 Å². The molecule has 0 radical (unpaired) electrons. The van der Waals surface area contributed by atoms with Gasteiger partial charge in [-0.15, -0.1) is 0 Å². The monoisotopic (exact) mass is 237 g/mol. The molecule has 0 aliphatic rings. The van der Waals surface area contributed by atoms with Crippen molar-refractivity contribution in [1.82, 2.24) is 9.97 Å². The fraction of sp³-hybridized carbons (Fsp3) is 0.133. The van der Waals surface area contributed by atoms with E-state index in [4.69, 9.17) is 5.73 Å². The zero-order valence-corrected chi connectivity index (χ0v) is 10.5. The zero-order chi connectivity index (χ0) is 12.7. The molecule has 0 aliphatic heterocycles. The molecule has 0 unspecified atom stereocenters. The summed E-state index contributed by atoms with van der Waals surface area (Å²) in [6.45, 7) is 4.07. The lowest BCUT2D eigenvalue weighted by atomic mass is 10.1. The van der Waals surface area contributed by atoms with E-state index in [-0.39, 0.29) is 0 Å². The molecule has 90 valence electrons. The molecule has 1 heterocycles. The molecule has 0 atom stereocenters. The summed E-state index contributed by atoms with van der Waals surface area (Å²) in [4.78, 5) is 7.98. The Bertz CT molecular complexity index is 726. The number of para-hydroxylation sites is 2. The van der Waals surface area contributed by atoms with Crippen LogP contribution in [0, 0.1) is 13.8 Å². The number of anilines is 1. The van der Waals surface area contributed by atoms with Crippen molar-refractivity contribution < 1.29 is 0 Å². The van der Waals surface area contributed by atoms with Crippen molar-refractivity contribution in [3.63, 3.8) is 0 Å². The first kappa shape index (κ1) is 10.8. The molecule has 0 bridgehead atoms. The van der Waals surface area contributed by atoms with Crippen molar-refractivity contribution in [2.75, 3.05) is 5.73 Å². The van der Waals surface area contributed by atoms with Crippen LogP contribution in [0.3, 0.4) is 0 Å². The number of hydrogen-bond donors (Lipinski definition) is 2. The van der Waals surface area contributed by atoms with E-state index in [0.717, 1.165) is 33.7 Å². The van der Waals surface area contributed by atoms with E-state index < -0.39 is 0 Å². The quantitative estimate of drug-likeness (QED) is 0.637. The highest BCUT2D eigenvalue weighted by molar-refractivity contribution is 5.85. The molecule has 0 fully saturated rings. The van der Waals surface area contributed by atoms with Crippen LogP contribution in [0.5, 0.6) is 0 Å². The van der Waals surface area contributed by atoms with Crippen LogP contribution in [0.25, 0.3) is 22.4 Å². The van der Waals surface area contributed by atoms with Gasteiger partial charge in [0.25, 0.3) is 0 Å². The maximum Gasteiger partial charge on any atom is 0.140 e. The smallest absolute Gasteiger partial charge is 0.140 e. The number of nitrogens with one attached hydrogen (secondary N) is 1. The predicted molar refractivity (Wildman–Crippen MR) is 75.4 cm³/mol. The molecule has 2 aromatic carbocycles. The van der Waals surface area contributed by atoms with Crippen molar-refractivity contribution in [2.45, 2.75) is 13.8 Å². The highest BCUT2D eigenvalue weighted by Crippen LogP contribution is 2.28. The van der Waals surface area contributed by atoms with Gasteiger partial charge in [0.15, 0.2) is 0 Å². The molecule has 3 N–H and O–H groups in total. The van der Waals surface area contributed by atoms with E-state index >= 15 is 0 Å². The highest BCUT2D eigenvalue weighted by Gasteiger charge is 2.10. The van der Waals surface area contributed by atoms with Crippen LogP contribution in [0.15, 0.2) is 36.4 Å². The average Bonchev–Trinajstić information content (AvgIpc) is 2.78. The number of hydrogen-bond acceptors (Lipinski definition) is 2. The molecule has 0 aliphatic carbocycles. The number of rotatable bonds is 1. The van der Waals surface area contributed by atoms with Crippen molar-refractivity contribution in [2.24, 2.45) is 0 Å². The Labute approximate surface area is 106 Å². The van der Waals surface area contributed by atoms with E-state index in [9.17, 15) is 0 Å². The Kier molecular flexibility index (Phi) is 2.33. The summed E-state index contributed by atoms with van der Waals surface area (Å²) in [5.74, 6) is 0.834. The first-order valence-electron chi connectivity index (χ1n) is 5.97. The average molecular weight is 237 g/mol. The lowest BCUT2D eigenvalue weighted by Crippen LogP contribution is -1.94. The van der Waals surface area contributed by atoms with E-state index in [2.05, 4.69) is 23.0 Å². The van der Waals surface area contributed by atoms with Gasteiger partial charge in [-0.05, 0) is 37.1 Å². The molecule has 18 heavy (non-hydrogen) atoms. The maximum atomic E-state index is 6.11. The van der Waals surface area contributed by atoms with E-state index in [1.807, 2.05) is 37.3 Å². The Balaban J connectivity index is 2.26. The Morgan fingerprint density at radius 3 is 2.50 bits per heavy atom. The van der Waals surface area contributed by atoms with Crippen LogP contribution >= 0.6 is 0 Å². The predicted octanol–water partition coefficient (Wildman–Crippen LogP) is 3.43. The Morgan fingerprint density at radius 2 is 1.72 bits per heavy atom.